The summed E-state index contributed by atoms with van der Waals surface area (Å²) >= 11 is 0. The predicted molar refractivity (Wildman–Crippen MR) is 165 cm³/mol. The third-order valence-electron chi connectivity index (χ3n) is 7.37. The van der Waals surface area contributed by atoms with Crippen molar-refractivity contribution < 1.29 is 27.4 Å². The van der Waals surface area contributed by atoms with Gasteiger partial charge in [-0.3, -0.25) is 4.90 Å². The topological polar surface area (TPSA) is 105 Å². The van der Waals surface area contributed by atoms with Gasteiger partial charge in [-0.15, -0.1) is 0 Å². The predicted octanol–water partition coefficient (Wildman–Crippen LogP) is 3.76. The quantitative estimate of drug-likeness (QED) is 0.270. The molecule has 1 aliphatic heterocycles. The number of aliphatic hydroxyl groups is 1. The van der Waals surface area contributed by atoms with Crippen molar-refractivity contribution in [3.8, 4) is 17.6 Å². The fourth-order valence-corrected chi connectivity index (χ4v) is 5.98. The number of likely N-dealkylation sites (tertiary alicyclic amines) is 1. The lowest BCUT2D eigenvalue weighted by Crippen LogP contribution is -2.50. The number of alkyl halides is 1. The highest BCUT2D eigenvalue weighted by atomic mass is 32.2. The highest BCUT2D eigenvalue weighted by Crippen LogP contribution is 2.30. The number of aliphatic hydroxyl groups excluding tert-OH is 1. The van der Waals surface area contributed by atoms with Crippen molar-refractivity contribution in [1.82, 2.24) is 9.47 Å². The number of aromatic nitrogens is 1. The van der Waals surface area contributed by atoms with Gasteiger partial charge in [0.05, 0.1) is 54.2 Å². The fraction of sp³-hybridized carbons (Fsp3) is 0.484. The minimum atomic E-state index is -3.34. The molecule has 3 aromatic rings. The SMILES string of the molecule is CCCn1c(C#CCNc2ccc(S(C)(=O)=O)cc2OC)cc2c(NC3CCN(CC(O)COC)CC3F)cccc21. The number of hydrogen-bond donors (Lipinski definition) is 3. The summed E-state index contributed by atoms with van der Waals surface area (Å²) in [5.41, 5.74) is 3.42. The van der Waals surface area contributed by atoms with Crippen molar-refractivity contribution >= 4 is 32.1 Å². The number of halogens is 1. The minimum absolute atomic E-state index is 0.190. The van der Waals surface area contributed by atoms with Gasteiger partial charge >= 0.3 is 0 Å². The number of hydrogen-bond acceptors (Lipinski definition) is 8. The Morgan fingerprint density at radius 1 is 1.19 bits per heavy atom. The van der Waals surface area contributed by atoms with Crippen molar-refractivity contribution in [1.29, 1.82) is 0 Å². The number of anilines is 2. The van der Waals surface area contributed by atoms with Gasteiger partial charge in [-0.1, -0.05) is 18.9 Å². The van der Waals surface area contributed by atoms with Gasteiger partial charge in [-0.05, 0) is 49.1 Å². The highest BCUT2D eigenvalue weighted by Gasteiger charge is 2.30. The number of methoxy groups -OCH3 is 2. The molecule has 1 aliphatic rings. The van der Waals surface area contributed by atoms with E-state index in [4.69, 9.17) is 9.47 Å². The molecule has 9 nitrogen and oxygen atoms in total. The zero-order chi connectivity index (χ0) is 30.3. The third-order valence-corrected chi connectivity index (χ3v) is 8.48. The van der Waals surface area contributed by atoms with Gasteiger partial charge in [0.1, 0.15) is 11.9 Å². The summed E-state index contributed by atoms with van der Waals surface area (Å²) in [7, 11) is -0.304. The Morgan fingerprint density at radius 3 is 2.69 bits per heavy atom. The van der Waals surface area contributed by atoms with Gasteiger partial charge in [0, 0.05) is 56.7 Å². The summed E-state index contributed by atoms with van der Waals surface area (Å²) in [6.07, 6.45) is 1.01. The van der Waals surface area contributed by atoms with Gasteiger partial charge in [-0.2, -0.15) is 0 Å². The number of sulfone groups is 1. The zero-order valence-corrected chi connectivity index (χ0v) is 25.5. The molecule has 1 saturated heterocycles. The molecule has 4 rings (SSSR count). The first-order chi connectivity index (χ1) is 20.1. The number of piperidine rings is 1. The van der Waals surface area contributed by atoms with E-state index in [9.17, 15) is 13.5 Å². The standard InChI is InChI=1S/C31H41FN4O5S/c1-5-15-36-22(8-7-14-33-29-12-11-24(42(4,38)39)18-31(29)41-3)17-25-27(9-6-10-30(25)36)34-28-13-16-35(20-26(28)32)19-23(37)21-40-2/h6,9-12,17-18,23,26,28,33-34,37H,5,13-16,19-21H2,1-4H3. The summed E-state index contributed by atoms with van der Waals surface area (Å²) in [5.74, 6) is 6.88. The van der Waals surface area contributed by atoms with E-state index in [2.05, 4.69) is 40.0 Å². The zero-order valence-electron chi connectivity index (χ0n) is 24.7. The molecular weight excluding hydrogens is 559 g/mol. The molecule has 0 radical (unpaired) electrons. The van der Waals surface area contributed by atoms with Crippen molar-refractivity contribution in [2.45, 2.75) is 49.5 Å². The first-order valence-corrected chi connectivity index (χ1v) is 16.1. The molecule has 2 heterocycles. The van der Waals surface area contributed by atoms with Gasteiger partial charge in [0.2, 0.25) is 0 Å². The number of ether oxygens (including phenoxy) is 2. The number of benzene rings is 2. The Kier molecular flexibility index (Phi) is 10.7. The van der Waals surface area contributed by atoms with Crippen molar-refractivity contribution in [2.24, 2.45) is 0 Å². The molecule has 0 amide bonds. The smallest absolute Gasteiger partial charge is 0.175 e. The maximum atomic E-state index is 15.2. The molecule has 0 spiro atoms. The molecule has 2 aromatic carbocycles. The normalized spacial score (nSPS) is 18.3. The van der Waals surface area contributed by atoms with Gasteiger partial charge < -0.3 is 29.8 Å². The second-order valence-electron chi connectivity index (χ2n) is 10.6. The van der Waals surface area contributed by atoms with Gasteiger partial charge in [0.25, 0.3) is 0 Å². The molecule has 1 aromatic heterocycles. The van der Waals surface area contributed by atoms with Gasteiger partial charge in [0.15, 0.2) is 9.84 Å². The monoisotopic (exact) mass is 600 g/mol. The highest BCUT2D eigenvalue weighted by molar-refractivity contribution is 7.90. The Labute approximate surface area is 247 Å². The molecule has 228 valence electrons. The van der Waals surface area contributed by atoms with Crippen molar-refractivity contribution in [3.63, 3.8) is 0 Å². The second kappa shape index (κ2) is 14.2. The third kappa shape index (κ3) is 7.75. The van der Waals surface area contributed by atoms with E-state index in [1.165, 1.54) is 19.2 Å². The average Bonchev–Trinajstić information content (AvgIpc) is 3.30. The van der Waals surface area contributed by atoms with Crippen LogP contribution in [-0.4, -0.2) is 94.6 Å². The van der Waals surface area contributed by atoms with E-state index >= 15 is 4.39 Å². The maximum Gasteiger partial charge on any atom is 0.175 e. The molecule has 0 saturated carbocycles. The first-order valence-electron chi connectivity index (χ1n) is 14.2. The summed E-state index contributed by atoms with van der Waals surface area (Å²) in [4.78, 5) is 2.14. The number of aryl methyl sites for hydroxylation is 1. The van der Waals surface area contributed by atoms with Crippen LogP contribution in [0.2, 0.25) is 0 Å². The minimum Gasteiger partial charge on any atom is -0.495 e. The summed E-state index contributed by atoms with van der Waals surface area (Å²) in [6, 6.07) is 12.4. The number of fused-ring (bicyclic) bond motifs is 1. The lowest BCUT2D eigenvalue weighted by Gasteiger charge is -2.36. The molecule has 3 unspecified atom stereocenters. The molecule has 3 N–H and O–H groups in total. The van der Waals surface area contributed by atoms with Crippen LogP contribution in [0, 0.1) is 11.8 Å². The van der Waals surface area contributed by atoms with Crippen LogP contribution in [0.3, 0.4) is 0 Å². The molecule has 11 heteroatoms. The number of β-amino-alcohol motifs (C(OH)–C–C–N with tert-alkyl or cyclic N) is 1. The Balaban J connectivity index is 1.49. The van der Waals surface area contributed by atoms with Crippen LogP contribution in [0.15, 0.2) is 47.4 Å². The van der Waals surface area contributed by atoms with Crippen LogP contribution >= 0.6 is 0 Å². The largest absolute Gasteiger partial charge is 0.495 e. The van der Waals surface area contributed by atoms with Crippen LogP contribution in [0.5, 0.6) is 5.75 Å². The van der Waals surface area contributed by atoms with Crippen LogP contribution < -0.4 is 15.4 Å². The molecule has 42 heavy (non-hydrogen) atoms. The first kappa shape index (κ1) is 31.6. The van der Waals surface area contributed by atoms with E-state index in [0.717, 1.165) is 41.5 Å². The Bertz CT molecular complexity index is 1530. The Hall–Kier alpha value is -3.30. The van der Waals surface area contributed by atoms with Crippen LogP contribution in [0.4, 0.5) is 15.8 Å². The number of rotatable bonds is 12. The lowest BCUT2D eigenvalue weighted by atomic mass is 10.0. The van der Waals surface area contributed by atoms with Crippen LogP contribution in [0.25, 0.3) is 10.9 Å². The van der Waals surface area contributed by atoms with Gasteiger partial charge in [-0.25, -0.2) is 12.8 Å². The molecule has 0 bridgehead atoms. The maximum absolute atomic E-state index is 15.2. The van der Waals surface area contributed by atoms with E-state index < -0.39 is 22.1 Å². The van der Waals surface area contributed by atoms with E-state index in [-0.39, 0.29) is 24.1 Å². The summed E-state index contributed by atoms with van der Waals surface area (Å²) < 4.78 is 51.5. The van der Waals surface area contributed by atoms with Crippen molar-refractivity contribution in [2.75, 3.05) is 63.9 Å². The van der Waals surface area contributed by atoms with Crippen molar-refractivity contribution in [3.05, 3.63) is 48.2 Å². The van der Waals surface area contributed by atoms with E-state index in [1.807, 2.05) is 23.1 Å². The lowest BCUT2D eigenvalue weighted by molar-refractivity contribution is 0.0215. The second-order valence-corrected chi connectivity index (χ2v) is 12.6. The molecule has 0 aliphatic carbocycles. The summed E-state index contributed by atoms with van der Waals surface area (Å²) in [5, 5.41) is 17.7. The van der Waals surface area contributed by atoms with E-state index in [0.29, 0.717) is 37.5 Å². The number of nitrogens with one attached hydrogen (secondary N) is 2. The van der Waals surface area contributed by atoms with E-state index in [1.54, 1.807) is 13.2 Å². The molecule has 3 atom stereocenters. The number of nitrogens with zero attached hydrogens (tertiary/aromatic N) is 2. The molecule has 1 fully saturated rings. The fourth-order valence-electron chi connectivity index (χ4n) is 5.34. The summed E-state index contributed by atoms with van der Waals surface area (Å²) in [6.45, 7) is 4.82. The molecular formula is C31H41FN4O5S. The average molecular weight is 601 g/mol. The van der Waals surface area contributed by atoms with Crippen LogP contribution in [0.1, 0.15) is 25.5 Å². The van der Waals surface area contributed by atoms with Crippen LogP contribution in [-0.2, 0) is 21.1 Å². The Morgan fingerprint density at radius 2 is 2.00 bits per heavy atom.